The Kier molecular flexibility index (Phi) is 3.46. The zero-order chi connectivity index (χ0) is 12.3. The van der Waals surface area contributed by atoms with E-state index in [0.717, 1.165) is 31.5 Å². The predicted octanol–water partition coefficient (Wildman–Crippen LogP) is 1.72. The molecule has 1 saturated carbocycles. The molecule has 17 heavy (non-hydrogen) atoms. The summed E-state index contributed by atoms with van der Waals surface area (Å²) < 4.78 is 0. The Morgan fingerprint density at radius 2 is 2.06 bits per heavy atom. The van der Waals surface area contributed by atoms with Crippen LogP contribution in [0.1, 0.15) is 25.7 Å². The van der Waals surface area contributed by atoms with Crippen molar-refractivity contribution in [2.75, 3.05) is 11.1 Å². The molecule has 0 unspecified atom stereocenters. The number of rotatable bonds is 3. The van der Waals surface area contributed by atoms with E-state index >= 15 is 0 Å². The Bertz CT molecular complexity index is 383. The summed E-state index contributed by atoms with van der Waals surface area (Å²) in [7, 11) is 0. The SMILES string of the molecule is Nc1ccc(NC2CCC(C(=O)O)CC2)nc1. The molecule has 0 aromatic carbocycles. The quantitative estimate of drug-likeness (QED) is 0.742. The van der Waals surface area contributed by atoms with Gasteiger partial charge in [0.2, 0.25) is 0 Å². The largest absolute Gasteiger partial charge is 0.481 e. The Labute approximate surface area is 100 Å². The Morgan fingerprint density at radius 1 is 1.35 bits per heavy atom. The Hall–Kier alpha value is -1.78. The second kappa shape index (κ2) is 5.03. The fourth-order valence-corrected chi connectivity index (χ4v) is 2.18. The predicted molar refractivity (Wildman–Crippen MR) is 65.7 cm³/mol. The summed E-state index contributed by atoms with van der Waals surface area (Å²) >= 11 is 0. The Morgan fingerprint density at radius 3 is 2.59 bits per heavy atom. The van der Waals surface area contributed by atoms with Gasteiger partial charge in [-0.15, -0.1) is 0 Å². The number of nitrogen functional groups attached to an aromatic ring is 1. The van der Waals surface area contributed by atoms with Crippen molar-refractivity contribution in [3.8, 4) is 0 Å². The van der Waals surface area contributed by atoms with Crippen LogP contribution in [0.15, 0.2) is 18.3 Å². The molecule has 92 valence electrons. The fraction of sp³-hybridized carbons (Fsp3) is 0.500. The van der Waals surface area contributed by atoms with Crippen LogP contribution in [0.3, 0.4) is 0 Å². The number of nitrogens with two attached hydrogens (primary N) is 1. The number of anilines is 2. The van der Waals surface area contributed by atoms with Gasteiger partial charge in [-0.1, -0.05) is 0 Å². The number of aliphatic carboxylic acids is 1. The number of nitrogens with one attached hydrogen (secondary N) is 1. The lowest BCUT2D eigenvalue weighted by molar-refractivity contribution is -0.142. The molecule has 2 rings (SSSR count). The van der Waals surface area contributed by atoms with Gasteiger partial charge in [-0.2, -0.15) is 0 Å². The van der Waals surface area contributed by atoms with Gasteiger partial charge in [-0.3, -0.25) is 4.79 Å². The van der Waals surface area contributed by atoms with Crippen molar-refractivity contribution in [1.82, 2.24) is 4.98 Å². The van der Waals surface area contributed by atoms with E-state index in [4.69, 9.17) is 10.8 Å². The van der Waals surface area contributed by atoms with Gasteiger partial charge in [-0.05, 0) is 37.8 Å². The monoisotopic (exact) mass is 235 g/mol. The lowest BCUT2D eigenvalue weighted by Gasteiger charge is -2.27. The third-order valence-electron chi connectivity index (χ3n) is 3.21. The minimum atomic E-state index is -0.672. The number of carboxylic acid groups (broad SMARTS) is 1. The van der Waals surface area contributed by atoms with E-state index in [-0.39, 0.29) is 5.92 Å². The Balaban J connectivity index is 1.85. The molecule has 0 spiro atoms. The first-order valence-electron chi connectivity index (χ1n) is 5.86. The maximum absolute atomic E-state index is 10.8. The van der Waals surface area contributed by atoms with Gasteiger partial charge in [0, 0.05) is 6.04 Å². The number of hydrogen-bond acceptors (Lipinski definition) is 4. The molecule has 1 heterocycles. The van der Waals surface area contributed by atoms with Crippen molar-refractivity contribution in [3.05, 3.63) is 18.3 Å². The number of carbonyl (C=O) groups is 1. The summed E-state index contributed by atoms with van der Waals surface area (Å²) in [5.74, 6) is -0.0422. The number of aromatic nitrogens is 1. The summed E-state index contributed by atoms with van der Waals surface area (Å²) in [5, 5.41) is 12.2. The lowest BCUT2D eigenvalue weighted by Crippen LogP contribution is -2.29. The van der Waals surface area contributed by atoms with Crippen LogP contribution in [-0.4, -0.2) is 22.1 Å². The zero-order valence-corrected chi connectivity index (χ0v) is 9.60. The van der Waals surface area contributed by atoms with Gasteiger partial charge in [0.25, 0.3) is 0 Å². The van der Waals surface area contributed by atoms with E-state index in [1.165, 1.54) is 0 Å². The molecule has 0 bridgehead atoms. The highest BCUT2D eigenvalue weighted by Gasteiger charge is 2.25. The molecular weight excluding hydrogens is 218 g/mol. The van der Waals surface area contributed by atoms with Crippen molar-refractivity contribution in [2.45, 2.75) is 31.7 Å². The molecule has 1 aliphatic rings. The average Bonchev–Trinajstić information content (AvgIpc) is 2.33. The minimum absolute atomic E-state index is 0.174. The molecule has 0 amide bonds. The zero-order valence-electron chi connectivity index (χ0n) is 9.60. The maximum atomic E-state index is 10.8. The number of pyridine rings is 1. The van der Waals surface area contributed by atoms with E-state index in [2.05, 4.69) is 10.3 Å². The summed E-state index contributed by atoms with van der Waals surface area (Å²) in [5.41, 5.74) is 6.20. The third-order valence-corrected chi connectivity index (χ3v) is 3.21. The van der Waals surface area contributed by atoms with Crippen LogP contribution in [-0.2, 0) is 4.79 Å². The molecular formula is C12H17N3O2. The molecule has 5 nitrogen and oxygen atoms in total. The maximum Gasteiger partial charge on any atom is 0.306 e. The van der Waals surface area contributed by atoms with E-state index in [9.17, 15) is 4.79 Å². The van der Waals surface area contributed by atoms with Crippen LogP contribution >= 0.6 is 0 Å². The molecule has 1 aromatic heterocycles. The highest BCUT2D eigenvalue weighted by Crippen LogP contribution is 2.26. The van der Waals surface area contributed by atoms with E-state index in [1.807, 2.05) is 6.07 Å². The van der Waals surface area contributed by atoms with Crippen LogP contribution in [0.25, 0.3) is 0 Å². The topological polar surface area (TPSA) is 88.2 Å². The van der Waals surface area contributed by atoms with E-state index in [1.54, 1.807) is 12.3 Å². The summed E-state index contributed by atoms with van der Waals surface area (Å²) in [4.78, 5) is 15.0. The third kappa shape index (κ3) is 3.09. The normalized spacial score (nSPS) is 24.2. The number of hydrogen-bond donors (Lipinski definition) is 3. The summed E-state index contributed by atoms with van der Waals surface area (Å²) in [6.07, 6.45) is 4.85. The lowest BCUT2D eigenvalue weighted by atomic mass is 9.86. The highest BCUT2D eigenvalue weighted by atomic mass is 16.4. The smallest absolute Gasteiger partial charge is 0.306 e. The fourth-order valence-electron chi connectivity index (χ4n) is 2.18. The molecule has 4 N–H and O–H groups in total. The molecule has 0 saturated heterocycles. The average molecular weight is 235 g/mol. The van der Waals surface area contributed by atoms with E-state index < -0.39 is 5.97 Å². The van der Waals surface area contributed by atoms with Gasteiger partial charge in [0.15, 0.2) is 0 Å². The standard InChI is InChI=1S/C12H17N3O2/c13-9-3-6-11(14-7-9)15-10-4-1-8(2-5-10)12(16)17/h3,6-8,10H,1-2,4-5,13H2,(H,14,15)(H,16,17). The second-order valence-electron chi connectivity index (χ2n) is 4.51. The van der Waals surface area contributed by atoms with Gasteiger partial charge in [0.1, 0.15) is 5.82 Å². The van der Waals surface area contributed by atoms with Gasteiger partial charge in [-0.25, -0.2) is 4.98 Å². The van der Waals surface area contributed by atoms with Crippen LogP contribution in [0.5, 0.6) is 0 Å². The molecule has 0 atom stereocenters. The summed E-state index contributed by atoms with van der Waals surface area (Å²) in [6.45, 7) is 0. The van der Waals surface area contributed by atoms with Crippen LogP contribution in [0, 0.1) is 5.92 Å². The van der Waals surface area contributed by atoms with Gasteiger partial charge < -0.3 is 16.2 Å². The first-order valence-corrected chi connectivity index (χ1v) is 5.86. The minimum Gasteiger partial charge on any atom is -0.481 e. The molecule has 1 aromatic rings. The molecule has 5 heteroatoms. The van der Waals surface area contributed by atoms with Crippen molar-refractivity contribution in [2.24, 2.45) is 5.92 Å². The van der Waals surface area contributed by atoms with Gasteiger partial charge >= 0.3 is 5.97 Å². The number of nitrogens with zero attached hydrogens (tertiary/aromatic N) is 1. The molecule has 1 aliphatic carbocycles. The highest BCUT2D eigenvalue weighted by molar-refractivity contribution is 5.70. The van der Waals surface area contributed by atoms with Crippen LogP contribution in [0.4, 0.5) is 11.5 Å². The van der Waals surface area contributed by atoms with Gasteiger partial charge in [0.05, 0.1) is 17.8 Å². The van der Waals surface area contributed by atoms with Crippen LogP contribution < -0.4 is 11.1 Å². The second-order valence-corrected chi connectivity index (χ2v) is 4.51. The first-order chi connectivity index (χ1) is 8.15. The van der Waals surface area contributed by atoms with Crippen molar-refractivity contribution < 1.29 is 9.90 Å². The van der Waals surface area contributed by atoms with E-state index in [0.29, 0.717) is 11.7 Å². The van der Waals surface area contributed by atoms with Crippen LogP contribution in [0.2, 0.25) is 0 Å². The van der Waals surface area contributed by atoms with Crippen molar-refractivity contribution in [1.29, 1.82) is 0 Å². The van der Waals surface area contributed by atoms with Crippen molar-refractivity contribution in [3.63, 3.8) is 0 Å². The molecule has 0 radical (unpaired) electrons. The molecule has 1 fully saturated rings. The molecule has 0 aliphatic heterocycles. The van der Waals surface area contributed by atoms with Crippen molar-refractivity contribution >= 4 is 17.5 Å². The first kappa shape index (κ1) is 11.7. The summed E-state index contributed by atoms with van der Waals surface area (Å²) in [6, 6.07) is 3.97. The number of carboxylic acids is 1.